The number of hydrogen-bond acceptors (Lipinski definition) is 3. The predicted molar refractivity (Wildman–Crippen MR) is 87.3 cm³/mol. The van der Waals surface area contributed by atoms with Gasteiger partial charge in [-0.25, -0.2) is 0 Å². The van der Waals surface area contributed by atoms with E-state index in [9.17, 15) is 4.79 Å². The molecule has 118 valence electrons. The van der Waals surface area contributed by atoms with E-state index >= 15 is 0 Å². The third kappa shape index (κ3) is 0.914. The van der Waals surface area contributed by atoms with Crippen molar-refractivity contribution in [1.29, 1.82) is 0 Å². The third-order valence-electron chi connectivity index (χ3n) is 8.84. The number of nitrogens with one attached hydrogen (secondary N) is 1. The van der Waals surface area contributed by atoms with Crippen LogP contribution in [0.15, 0.2) is 24.3 Å². The summed E-state index contributed by atoms with van der Waals surface area (Å²) in [6.07, 6.45) is 6.38. The maximum Gasteiger partial charge on any atom is 0.143 e. The number of benzene rings is 1. The molecule has 4 bridgehead atoms. The van der Waals surface area contributed by atoms with Gasteiger partial charge in [-0.05, 0) is 55.7 Å². The number of ketones is 1. The summed E-state index contributed by atoms with van der Waals surface area (Å²) in [5.74, 6) is 1.11. The summed E-state index contributed by atoms with van der Waals surface area (Å²) in [6.45, 7) is 2.24. The van der Waals surface area contributed by atoms with E-state index in [0.717, 1.165) is 13.0 Å². The Kier molecular flexibility index (Phi) is 1.70. The molecule has 1 N–H and O–H groups in total. The zero-order valence-electron chi connectivity index (χ0n) is 13.3. The fourth-order valence-corrected chi connectivity index (χ4v) is 8.57. The highest BCUT2D eigenvalue weighted by Gasteiger charge is 2.86. The molecule has 4 aliphatic carbocycles. The van der Waals surface area contributed by atoms with E-state index in [0.29, 0.717) is 17.2 Å². The third-order valence-corrected chi connectivity index (χ3v) is 8.84. The molecule has 6 fully saturated rings. The van der Waals surface area contributed by atoms with Crippen LogP contribution in [0.1, 0.15) is 37.7 Å². The number of Topliss-reactive ketones (excluding diaryl/α,β-unsaturated/α-hetero) is 1. The first kappa shape index (κ1) is 12.1. The lowest BCUT2D eigenvalue weighted by molar-refractivity contribution is -0.136. The molecular weight excluding hydrogens is 284 g/mol. The summed E-state index contributed by atoms with van der Waals surface area (Å²) in [4.78, 5) is 16.1. The number of para-hydroxylation sites is 1. The Labute approximate surface area is 136 Å². The van der Waals surface area contributed by atoms with Crippen molar-refractivity contribution in [1.82, 2.24) is 4.90 Å². The van der Waals surface area contributed by atoms with Crippen molar-refractivity contribution in [2.24, 2.45) is 17.3 Å². The van der Waals surface area contributed by atoms with Crippen molar-refractivity contribution in [2.45, 2.75) is 49.1 Å². The second-order valence-corrected chi connectivity index (χ2v) is 9.09. The molecule has 6 atom stereocenters. The molecule has 3 aliphatic heterocycles. The number of nitrogens with zero attached hydrogens (tertiary/aromatic N) is 1. The van der Waals surface area contributed by atoms with Crippen LogP contribution < -0.4 is 5.32 Å². The van der Waals surface area contributed by atoms with E-state index in [4.69, 9.17) is 0 Å². The van der Waals surface area contributed by atoms with Gasteiger partial charge < -0.3 is 5.32 Å². The fraction of sp³-hybridized carbons (Fsp3) is 0.650. The Hall–Kier alpha value is -1.35. The zero-order valence-corrected chi connectivity index (χ0v) is 13.3. The summed E-state index contributed by atoms with van der Waals surface area (Å²) < 4.78 is 0. The summed E-state index contributed by atoms with van der Waals surface area (Å²) in [5.41, 5.74) is 3.36. The lowest BCUT2D eigenvalue weighted by atomic mass is 9.41. The number of carbonyl (C=O) groups excluding carboxylic acids is 1. The van der Waals surface area contributed by atoms with Crippen molar-refractivity contribution >= 4 is 11.5 Å². The van der Waals surface area contributed by atoms with Crippen LogP contribution in [-0.4, -0.2) is 35.4 Å². The first-order valence-electron chi connectivity index (χ1n) is 9.38. The van der Waals surface area contributed by atoms with Crippen molar-refractivity contribution in [3.05, 3.63) is 29.8 Å². The van der Waals surface area contributed by atoms with Gasteiger partial charge in [0.05, 0.1) is 5.54 Å². The average Bonchev–Trinajstić information content (AvgIpc) is 3.13. The molecular formula is C20H22N2O. The summed E-state index contributed by atoms with van der Waals surface area (Å²) >= 11 is 0. The molecule has 3 heterocycles. The number of fused-ring (bicyclic) bond motifs is 2. The van der Waals surface area contributed by atoms with E-state index in [-0.39, 0.29) is 22.8 Å². The van der Waals surface area contributed by atoms with Gasteiger partial charge in [-0.3, -0.25) is 9.69 Å². The standard InChI is InChI=1S/C20H22N2O/c23-16-13-10-18-6-3-9-22-11-14(16)20(17(18)22)12-4-1-2-5-15(12)21-19(13,20)8-7-18/h1-2,4-5,13-14,17,21H,3,6-11H2/t13-,14+,17-,18-,19+,20-/m0/s1. The highest BCUT2D eigenvalue weighted by molar-refractivity contribution is 5.96. The Morgan fingerprint density at radius 2 is 2.04 bits per heavy atom. The van der Waals surface area contributed by atoms with Crippen molar-refractivity contribution in [3.8, 4) is 0 Å². The smallest absolute Gasteiger partial charge is 0.143 e. The van der Waals surface area contributed by atoms with Crippen LogP contribution in [0.25, 0.3) is 0 Å². The highest BCUT2D eigenvalue weighted by Crippen LogP contribution is 2.79. The fourth-order valence-electron chi connectivity index (χ4n) is 8.57. The van der Waals surface area contributed by atoms with Crippen LogP contribution in [0.5, 0.6) is 0 Å². The van der Waals surface area contributed by atoms with E-state index < -0.39 is 0 Å². The first-order valence-corrected chi connectivity index (χ1v) is 9.38. The summed E-state index contributed by atoms with van der Waals surface area (Å²) in [6, 6.07) is 9.55. The predicted octanol–water partition coefficient (Wildman–Crippen LogP) is 2.57. The Balaban J connectivity index is 1.64. The van der Waals surface area contributed by atoms with Gasteiger partial charge in [-0.1, -0.05) is 18.2 Å². The van der Waals surface area contributed by atoms with E-state index in [1.807, 2.05) is 0 Å². The van der Waals surface area contributed by atoms with Crippen LogP contribution in [0.2, 0.25) is 0 Å². The van der Waals surface area contributed by atoms with Crippen LogP contribution >= 0.6 is 0 Å². The van der Waals surface area contributed by atoms with Gasteiger partial charge in [0.15, 0.2) is 0 Å². The molecule has 0 amide bonds. The lowest BCUT2D eigenvalue weighted by Crippen LogP contribution is -2.74. The summed E-state index contributed by atoms with van der Waals surface area (Å²) in [7, 11) is 0. The van der Waals surface area contributed by atoms with Gasteiger partial charge in [0.25, 0.3) is 0 Å². The monoisotopic (exact) mass is 306 g/mol. The number of carbonyl (C=O) groups is 1. The molecule has 3 heteroatoms. The highest BCUT2D eigenvalue weighted by atomic mass is 16.1. The minimum Gasteiger partial charge on any atom is -0.378 e. The molecule has 8 rings (SSSR count). The van der Waals surface area contributed by atoms with Crippen molar-refractivity contribution in [3.63, 3.8) is 0 Å². The quantitative estimate of drug-likeness (QED) is 0.799. The van der Waals surface area contributed by atoms with Gasteiger partial charge in [0.1, 0.15) is 5.78 Å². The molecule has 7 aliphatic rings. The molecule has 0 radical (unpaired) electrons. The maximum absolute atomic E-state index is 13.4. The van der Waals surface area contributed by atoms with Crippen LogP contribution in [-0.2, 0) is 10.2 Å². The van der Waals surface area contributed by atoms with Crippen molar-refractivity contribution in [2.75, 3.05) is 18.4 Å². The Bertz CT molecular complexity index is 790. The van der Waals surface area contributed by atoms with E-state index in [2.05, 4.69) is 34.5 Å². The number of hydrogen-bond donors (Lipinski definition) is 1. The van der Waals surface area contributed by atoms with Gasteiger partial charge >= 0.3 is 0 Å². The van der Waals surface area contributed by atoms with Gasteiger partial charge in [-0.15, -0.1) is 0 Å². The Morgan fingerprint density at radius 3 is 3.00 bits per heavy atom. The second kappa shape index (κ2) is 3.23. The molecule has 0 unspecified atom stereocenters. The summed E-state index contributed by atoms with van der Waals surface area (Å²) in [5, 5.41) is 3.96. The molecule has 1 aromatic carbocycles. The zero-order chi connectivity index (χ0) is 15.0. The normalized spacial score (nSPS) is 54.1. The minimum absolute atomic E-state index is 0.0386. The number of piperidine rings is 1. The molecule has 23 heavy (non-hydrogen) atoms. The molecule has 1 aromatic rings. The molecule has 2 saturated heterocycles. The Morgan fingerprint density at radius 1 is 1.13 bits per heavy atom. The van der Waals surface area contributed by atoms with Gasteiger partial charge in [0, 0.05) is 35.5 Å². The molecule has 3 spiro atoms. The van der Waals surface area contributed by atoms with Crippen LogP contribution in [0.3, 0.4) is 0 Å². The largest absolute Gasteiger partial charge is 0.378 e. The van der Waals surface area contributed by atoms with Crippen LogP contribution in [0.4, 0.5) is 5.69 Å². The molecule has 4 saturated carbocycles. The average molecular weight is 306 g/mol. The SMILES string of the molecule is O=C1[C@H]2CN3CCC[C@@]45CC[C@@]6(Nc7ccccc7[C@@]26[C@@H]34)[C@H]1C5. The van der Waals surface area contributed by atoms with Crippen molar-refractivity contribution < 1.29 is 4.79 Å². The molecule has 3 nitrogen and oxygen atoms in total. The lowest BCUT2D eigenvalue weighted by Gasteiger charge is -2.67. The van der Waals surface area contributed by atoms with Crippen LogP contribution in [0, 0.1) is 17.3 Å². The molecule has 0 aromatic heterocycles. The van der Waals surface area contributed by atoms with Gasteiger partial charge in [0.2, 0.25) is 0 Å². The number of rotatable bonds is 0. The topological polar surface area (TPSA) is 32.3 Å². The second-order valence-electron chi connectivity index (χ2n) is 9.09. The van der Waals surface area contributed by atoms with Gasteiger partial charge in [-0.2, -0.15) is 0 Å². The van der Waals surface area contributed by atoms with E-state index in [1.54, 1.807) is 0 Å². The minimum atomic E-state index is 0.0386. The first-order chi connectivity index (χ1) is 11.2. The maximum atomic E-state index is 13.4. The van der Waals surface area contributed by atoms with E-state index in [1.165, 1.54) is 43.5 Å². The number of anilines is 1.